The Morgan fingerprint density at radius 2 is 1.79 bits per heavy atom. The number of nitrogens with zero attached hydrogens (tertiary/aromatic N) is 1. The number of carbonyl (C=O) groups excluding carboxylic acids is 1. The fraction of sp³-hybridized carbons (Fsp3) is 0.381. The van der Waals surface area contributed by atoms with Crippen LogP contribution in [0.25, 0.3) is 0 Å². The summed E-state index contributed by atoms with van der Waals surface area (Å²) in [4.78, 5) is 14.9. The molecule has 28 heavy (non-hydrogen) atoms. The normalized spacial score (nSPS) is 16.5. The molecule has 2 aromatic carbocycles. The third-order valence-electron chi connectivity index (χ3n) is 4.96. The number of anilines is 2. The van der Waals surface area contributed by atoms with E-state index >= 15 is 0 Å². The first kappa shape index (κ1) is 20.9. The van der Waals surface area contributed by atoms with Crippen LogP contribution in [0.3, 0.4) is 0 Å². The molecule has 1 amide bonds. The number of rotatable bonds is 6. The molecule has 1 fully saturated rings. The number of halogens is 2. The number of carbonyl (C=O) groups is 1. The maximum atomic E-state index is 12.6. The molecular formula is C21H26Cl2N3O2+. The molecule has 1 heterocycles. The Hall–Kier alpha value is -1.79. The average Bonchev–Trinajstić information content (AvgIpc) is 2.69. The fourth-order valence-corrected chi connectivity index (χ4v) is 3.91. The molecule has 0 aromatic heterocycles. The lowest BCUT2D eigenvalue weighted by Crippen LogP contribution is -2.91. The molecule has 0 aliphatic carbocycles. The number of nitrogens with one attached hydrogen (secondary N) is 1. The highest BCUT2D eigenvalue weighted by molar-refractivity contribution is 6.35. The highest BCUT2D eigenvalue weighted by Gasteiger charge is 2.22. The molecule has 0 saturated carbocycles. The Kier molecular flexibility index (Phi) is 7.18. The van der Waals surface area contributed by atoms with Crippen molar-refractivity contribution in [2.24, 2.45) is 0 Å². The van der Waals surface area contributed by atoms with Crippen molar-refractivity contribution in [1.82, 2.24) is 0 Å². The summed E-state index contributed by atoms with van der Waals surface area (Å²) in [6.07, 6.45) is 0. The highest BCUT2D eigenvalue weighted by atomic mass is 35.5. The summed E-state index contributed by atoms with van der Waals surface area (Å²) in [7, 11) is 0. The van der Waals surface area contributed by atoms with Gasteiger partial charge in [0.25, 0.3) is 5.91 Å². The van der Waals surface area contributed by atoms with Crippen LogP contribution in [0.4, 0.5) is 11.4 Å². The zero-order valence-corrected chi connectivity index (χ0v) is 17.6. The number of morpholine rings is 1. The second-order valence-electron chi connectivity index (χ2n) is 7.07. The van der Waals surface area contributed by atoms with E-state index in [4.69, 9.17) is 27.9 Å². The van der Waals surface area contributed by atoms with Crippen molar-refractivity contribution in [1.29, 1.82) is 0 Å². The summed E-state index contributed by atoms with van der Waals surface area (Å²) in [6, 6.07) is 13.2. The molecule has 2 atom stereocenters. The van der Waals surface area contributed by atoms with Gasteiger partial charge >= 0.3 is 0 Å². The smallest absolute Gasteiger partial charge is 0.282 e. The zero-order valence-electron chi connectivity index (χ0n) is 16.1. The van der Waals surface area contributed by atoms with Gasteiger partial charge in [0.15, 0.2) is 6.04 Å². The topological polar surface area (TPSA) is 58.2 Å². The van der Waals surface area contributed by atoms with Gasteiger partial charge in [-0.3, -0.25) is 4.79 Å². The zero-order chi connectivity index (χ0) is 20.1. The number of ether oxygens (including phenoxy) is 1. The van der Waals surface area contributed by atoms with Crippen LogP contribution in [-0.4, -0.2) is 38.3 Å². The van der Waals surface area contributed by atoms with Crippen molar-refractivity contribution in [2.45, 2.75) is 25.9 Å². The van der Waals surface area contributed by atoms with Crippen LogP contribution >= 0.6 is 23.2 Å². The van der Waals surface area contributed by atoms with Crippen LogP contribution < -0.4 is 15.5 Å². The van der Waals surface area contributed by atoms with Crippen molar-refractivity contribution in [3.8, 4) is 0 Å². The summed E-state index contributed by atoms with van der Waals surface area (Å²) in [5, 5.41) is 6.19. The molecule has 3 N–H and O–H groups in total. The molecule has 2 aromatic rings. The van der Waals surface area contributed by atoms with Gasteiger partial charge in [-0.05, 0) is 50.2 Å². The highest BCUT2D eigenvalue weighted by Crippen LogP contribution is 2.24. The number of benzene rings is 2. The molecule has 0 bridgehead atoms. The first-order chi connectivity index (χ1) is 13.4. The van der Waals surface area contributed by atoms with Crippen LogP contribution in [0.5, 0.6) is 0 Å². The third-order valence-corrected chi connectivity index (χ3v) is 5.52. The minimum atomic E-state index is -0.263. The largest absolute Gasteiger partial charge is 0.378 e. The van der Waals surface area contributed by atoms with E-state index in [-0.39, 0.29) is 18.0 Å². The number of hydrogen-bond donors (Lipinski definition) is 2. The lowest BCUT2D eigenvalue weighted by atomic mass is 10.1. The maximum Gasteiger partial charge on any atom is 0.282 e. The second kappa shape index (κ2) is 9.61. The minimum Gasteiger partial charge on any atom is -0.378 e. The van der Waals surface area contributed by atoms with E-state index in [9.17, 15) is 4.79 Å². The molecule has 5 nitrogen and oxygen atoms in total. The fourth-order valence-electron chi connectivity index (χ4n) is 3.33. The van der Waals surface area contributed by atoms with Crippen LogP contribution in [0.1, 0.15) is 25.5 Å². The van der Waals surface area contributed by atoms with Crippen LogP contribution in [-0.2, 0) is 9.53 Å². The van der Waals surface area contributed by atoms with E-state index in [1.807, 2.05) is 55.6 Å². The minimum absolute atomic E-state index is 0.0363. The van der Waals surface area contributed by atoms with Gasteiger partial charge in [-0.25, -0.2) is 0 Å². The summed E-state index contributed by atoms with van der Waals surface area (Å²) >= 11 is 12.2. The lowest BCUT2D eigenvalue weighted by molar-refractivity contribution is -0.709. The van der Waals surface area contributed by atoms with Gasteiger partial charge in [-0.15, -0.1) is 0 Å². The molecule has 1 aliphatic rings. The molecule has 3 rings (SSSR count). The number of quaternary nitrogens is 1. The average molecular weight is 423 g/mol. The molecule has 150 valence electrons. The van der Waals surface area contributed by atoms with E-state index in [0.29, 0.717) is 10.0 Å². The molecule has 0 spiro atoms. The summed E-state index contributed by atoms with van der Waals surface area (Å²) in [5.41, 5.74) is 2.90. The molecule has 1 saturated heterocycles. The van der Waals surface area contributed by atoms with Gasteiger partial charge in [-0.1, -0.05) is 29.3 Å². The Morgan fingerprint density at radius 1 is 1.11 bits per heavy atom. The Bertz CT molecular complexity index is 808. The maximum absolute atomic E-state index is 12.6. The Labute approximate surface area is 176 Å². The lowest BCUT2D eigenvalue weighted by Gasteiger charge is -2.29. The SMILES string of the molecule is C[C@H]([NH2+][C@H](C)C(=O)Nc1ccc(N2CCOCC2)cc1)c1ccc(Cl)cc1Cl. The monoisotopic (exact) mass is 422 g/mol. The number of hydrogen-bond acceptors (Lipinski definition) is 3. The van der Waals surface area contributed by atoms with Crippen molar-refractivity contribution in [3.63, 3.8) is 0 Å². The number of amides is 1. The van der Waals surface area contributed by atoms with E-state index in [2.05, 4.69) is 10.2 Å². The van der Waals surface area contributed by atoms with Crippen molar-refractivity contribution >= 4 is 40.5 Å². The van der Waals surface area contributed by atoms with Crippen molar-refractivity contribution in [3.05, 3.63) is 58.1 Å². The van der Waals surface area contributed by atoms with Crippen molar-refractivity contribution in [2.75, 3.05) is 36.5 Å². The predicted octanol–water partition coefficient (Wildman–Crippen LogP) is 3.48. The first-order valence-corrected chi connectivity index (χ1v) is 10.2. The molecule has 0 radical (unpaired) electrons. The van der Waals surface area contributed by atoms with Gasteiger partial charge in [0, 0.05) is 35.1 Å². The summed E-state index contributed by atoms with van der Waals surface area (Å²) in [5.74, 6) is -0.0453. The first-order valence-electron chi connectivity index (χ1n) is 9.47. The van der Waals surface area contributed by atoms with E-state index in [1.54, 1.807) is 6.07 Å². The molecule has 1 aliphatic heterocycles. The van der Waals surface area contributed by atoms with Crippen molar-refractivity contribution < 1.29 is 14.8 Å². The van der Waals surface area contributed by atoms with Gasteiger partial charge in [0.05, 0.1) is 18.2 Å². The second-order valence-corrected chi connectivity index (χ2v) is 7.91. The van der Waals surface area contributed by atoms with Gasteiger partial charge in [0.1, 0.15) is 6.04 Å². The van der Waals surface area contributed by atoms with Gasteiger partial charge in [0.2, 0.25) is 0 Å². The van der Waals surface area contributed by atoms with E-state index in [0.717, 1.165) is 43.2 Å². The van der Waals surface area contributed by atoms with E-state index < -0.39 is 0 Å². The molecular weight excluding hydrogens is 397 g/mol. The van der Waals surface area contributed by atoms with E-state index in [1.165, 1.54) is 0 Å². The van der Waals surface area contributed by atoms with Crippen LogP contribution in [0, 0.1) is 0 Å². The number of nitrogens with two attached hydrogens (primary N) is 1. The van der Waals surface area contributed by atoms with Gasteiger partial charge in [-0.2, -0.15) is 0 Å². The van der Waals surface area contributed by atoms with Crippen LogP contribution in [0.15, 0.2) is 42.5 Å². The summed E-state index contributed by atoms with van der Waals surface area (Å²) < 4.78 is 5.38. The quantitative estimate of drug-likeness (QED) is 0.748. The predicted molar refractivity (Wildman–Crippen MR) is 114 cm³/mol. The van der Waals surface area contributed by atoms with Gasteiger partial charge < -0.3 is 20.3 Å². The summed E-state index contributed by atoms with van der Waals surface area (Å²) in [6.45, 7) is 7.20. The molecule has 7 heteroatoms. The Morgan fingerprint density at radius 3 is 2.43 bits per heavy atom. The third kappa shape index (κ3) is 5.39. The standard InChI is InChI=1S/C21H25Cl2N3O2/c1-14(19-8-3-16(22)13-20(19)23)24-15(2)21(27)25-17-4-6-18(7-5-17)26-9-11-28-12-10-26/h3-8,13-15,24H,9-12H2,1-2H3,(H,25,27)/p+1/t14-,15+/m0/s1. The van der Waals surface area contributed by atoms with Crippen LogP contribution in [0.2, 0.25) is 10.0 Å². The Balaban J connectivity index is 1.56. The molecule has 0 unspecified atom stereocenters.